The normalized spacial score (nSPS) is 57.0. The fourth-order valence-corrected chi connectivity index (χ4v) is 3.59. The molecule has 2 heterocycles. The average molecular weight is 181 g/mol. The lowest BCUT2D eigenvalue weighted by atomic mass is 9.83. The summed E-state index contributed by atoms with van der Waals surface area (Å²) in [6, 6.07) is 0.431. The molecule has 5 atom stereocenters. The molecule has 0 radical (unpaired) electrons. The number of fused-ring (bicyclic) bond motifs is 2. The molecule has 2 bridgehead atoms. The van der Waals surface area contributed by atoms with Crippen molar-refractivity contribution in [2.75, 3.05) is 0 Å². The van der Waals surface area contributed by atoms with Gasteiger partial charge in [-0.15, -0.1) is 0 Å². The fourth-order valence-electron chi connectivity index (χ4n) is 3.59. The Hall–Kier alpha value is -0.0800. The molecule has 3 fully saturated rings. The topological polar surface area (TPSA) is 35.2 Å². The monoisotopic (exact) mass is 181 g/mol. The maximum absolute atomic E-state index is 6.10. The lowest BCUT2D eigenvalue weighted by molar-refractivity contribution is 0.0869. The first kappa shape index (κ1) is 8.25. The molecule has 0 aromatic carbocycles. The fraction of sp³-hybridized carbons (Fsp3) is 1.00. The van der Waals surface area contributed by atoms with Gasteiger partial charge in [0.15, 0.2) is 0 Å². The van der Waals surface area contributed by atoms with Crippen LogP contribution in [0.5, 0.6) is 0 Å². The highest BCUT2D eigenvalue weighted by Gasteiger charge is 2.62. The van der Waals surface area contributed by atoms with Crippen molar-refractivity contribution < 1.29 is 4.74 Å². The van der Waals surface area contributed by atoms with Gasteiger partial charge in [0.2, 0.25) is 0 Å². The minimum atomic E-state index is 0.387. The molecule has 2 N–H and O–H groups in total. The van der Waals surface area contributed by atoms with Crippen molar-refractivity contribution in [2.24, 2.45) is 23.0 Å². The van der Waals surface area contributed by atoms with E-state index in [0.717, 1.165) is 11.8 Å². The number of hydrogen-bond acceptors (Lipinski definition) is 2. The van der Waals surface area contributed by atoms with E-state index in [9.17, 15) is 0 Å². The molecule has 2 nitrogen and oxygen atoms in total. The van der Waals surface area contributed by atoms with Gasteiger partial charge in [-0.3, -0.25) is 0 Å². The van der Waals surface area contributed by atoms with Crippen LogP contribution in [-0.4, -0.2) is 18.2 Å². The van der Waals surface area contributed by atoms with E-state index in [2.05, 4.69) is 13.8 Å². The molecule has 0 amide bonds. The molecule has 0 aromatic heterocycles. The summed E-state index contributed by atoms with van der Waals surface area (Å²) in [6.07, 6.45) is 5.01. The Morgan fingerprint density at radius 1 is 1.31 bits per heavy atom. The van der Waals surface area contributed by atoms with Crippen LogP contribution in [0.3, 0.4) is 0 Å². The van der Waals surface area contributed by atoms with E-state index in [1.807, 2.05) is 0 Å². The summed E-state index contributed by atoms with van der Waals surface area (Å²) in [5, 5.41) is 0. The van der Waals surface area contributed by atoms with E-state index in [1.165, 1.54) is 19.3 Å². The van der Waals surface area contributed by atoms with Crippen LogP contribution >= 0.6 is 0 Å². The van der Waals surface area contributed by atoms with Gasteiger partial charge in [0.25, 0.3) is 0 Å². The van der Waals surface area contributed by atoms with Crippen LogP contribution in [0.1, 0.15) is 33.1 Å². The lowest BCUT2D eigenvalue weighted by Crippen LogP contribution is -2.21. The number of hydrogen-bond donors (Lipinski definition) is 1. The SMILES string of the molecule is CC1(C)C(N)C1C1CC2CCC1O2. The van der Waals surface area contributed by atoms with Crippen molar-refractivity contribution in [1.82, 2.24) is 0 Å². The highest BCUT2D eigenvalue weighted by molar-refractivity contribution is 5.14. The van der Waals surface area contributed by atoms with Gasteiger partial charge in [-0.25, -0.2) is 0 Å². The molecular weight excluding hydrogens is 162 g/mol. The van der Waals surface area contributed by atoms with E-state index < -0.39 is 0 Å². The molecule has 5 unspecified atom stereocenters. The summed E-state index contributed by atoms with van der Waals surface area (Å²) in [5.74, 6) is 1.52. The third-order valence-electron chi connectivity index (χ3n) is 4.61. The van der Waals surface area contributed by atoms with Crippen molar-refractivity contribution in [1.29, 1.82) is 0 Å². The second kappa shape index (κ2) is 2.29. The number of rotatable bonds is 1. The molecule has 1 aliphatic carbocycles. The molecular formula is C11H19NO. The van der Waals surface area contributed by atoms with Crippen LogP contribution in [0.2, 0.25) is 0 Å². The first-order valence-corrected chi connectivity index (χ1v) is 5.52. The van der Waals surface area contributed by atoms with Crippen molar-refractivity contribution in [2.45, 2.75) is 51.4 Å². The van der Waals surface area contributed by atoms with Gasteiger partial charge in [-0.1, -0.05) is 13.8 Å². The molecule has 1 saturated carbocycles. The Labute approximate surface area is 79.8 Å². The molecule has 2 heteroatoms. The largest absolute Gasteiger partial charge is 0.375 e. The van der Waals surface area contributed by atoms with E-state index in [1.54, 1.807) is 0 Å². The minimum Gasteiger partial charge on any atom is -0.375 e. The zero-order valence-electron chi connectivity index (χ0n) is 8.49. The Morgan fingerprint density at radius 2 is 2.00 bits per heavy atom. The maximum Gasteiger partial charge on any atom is 0.0612 e. The Kier molecular flexibility index (Phi) is 1.45. The van der Waals surface area contributed by atoms with Gasteiger partial charge < -0.3 is 10.5 Å². The van der Waals surface area contributed by atoms with E-state index in [-0.39, 0.29) is 0 Å². The first-order valence-electron chi connectivity index (χ1n) is 5.52. The molecule has 2 aliphatic heterocycles. The second-order valence-corrected chi connectivity index (χ2v) is 5.65. The van der Waals surface area contributed by atoms with Crippen molar-refractivity contribution in [3.8, 4) is 0 Å². The molecule has 3 aliphatic rings. The molecule has 0 spiro atoms. The summed E-state index contributed by atoms with van der Waals surface area (Å²) in [4.78, 5) is 0. The maximum atomic E-state index is 6.10. The highest BCUT2D eigenvalue weighted by atomic mass is 16.5. The quantitative estimate of drug-likeness (QED) is 0.666. The standard InChI is InChI=1S/C11H19NO/c1-11(2)9(10(11)12)7-5-6-3-4-8(7)13-6/h6-10H,3-5,12H2,1-2H3. The summed E-state index contributed by atoms with van der Waals surface area (Å²) >= 11 is 0. The van der Waals surface area contributed by atoms with Crippen LogP contribution in [0.4, 0.5) is 0 Å². The highest BCUT2D eigenvalue weighted by Crippen LogP contribution is 2.60. The van der Waals surface area contributed by atoms with E-state index in [4.69, 9.17) is 10.5 Å². The second-order valence-electron chi connectivity index (χ2n) is 5.65. The zero-order valence-corrected chi connectivity index (χ0v) is 8.49. The Bertz CT molecular complexity index is 238. The molecule has 3 rings (SSSR count). The summed E-state index contributed by atoms with van der Waals surface area (Å²) < 4.78 is 5.87. The molecule has 2 saturated heterocycles. The van der Waals surface area contributed by atoms with Gasteiger partial charge in [-0.05, 0) is 36.5 Å². The Morgan fingerprint density at radius 3 is 2.38 bits per heavy atom. The molecule has 13 heavy (non-hydrogen) atoms. The van der Waals surface area contributed by atoms with Gasteiger partial charge >= 0.3 is 0 Å². The van der Waals surface area contributed by atoms with Gasteiger partial charge in [0, 0.05) is 6.04 Å². The van der Waals surface area contributed by atoms with Crippen molar-refractivity contribution in [3.05, 3.63) is 0 Å². The van der Waals surface area contributed by atoms with Crippen LogP contribution in [-0.2, 0) is 4.74 Å². The predicted octanol–water partition coefficient (Wildman–Crippen LogP) is 1.54. The third-order valence-corrected chi connectivity index (χ3v) is 4.61. The van der Waals surface area contributed by atoms with E-state index in [0.29, 0.717) is 23.7 Å². The summed E-state index contributed by atoms with van der Waals surface area (Å²) in [5.41, 5.74) is 6.49. The first-order chi connectivity index (χ1) is 6.10. The van der Waals surface area contributed by atoms with Gasteiger partial charge in [0.1, 0.15) is 0 Å². The Balaban J connectivity index is 1.75. The van der Waals surface area contributed by atoms with Crippen LogP contribution in [0.15, 0.2) is 0 Å². The average Bonchev–Trinajstić information content (AvgIpc) is 2.54. The van der Waals surface area contributed by atoms with Crippen molar-refractivity contribution >= 4 is 0 Å². The summed E-state index contributed by atoms with van der Waals surface area (Å²) in [7, 11) is 0. The van der Waals surface area contributed by atoms with Gasteiger partial charge in [0.05, 0.1) is 12.2 Å². The van der Waals surface area contributed by atoms with Crippen molar-refractivity contribution in [3.63, 3.8) is 0 Å². The molecule has 74 valence electrons. The smallest absolute Gasteiger partial charge is 0.0612 e. The summed E-state index contributed by atoms with van der Waals surface area (Å²) in [6.45, 7) is 4.60. The van der Waals surface area contributed by atoms with Crippen LogP contribution in [0, 0.1) is 17.3 Å². The number of nitrogens with two attached hydrogens (primary N) is 1. The van der Waals surface area contributed by atoms with Crippen LogP contribution in [0.25, 0.3) is 0 Å². The minimum absolute atomic E-state index is 0.387. The third kappa shape index (κ3) is 0.962. The predicted molar refractivity (Wildman–Crippen MR) is 51.2 cm³/mol. The van der Waals surface area contributed by atoms with E-state index >= 15 is 0 Å². The van der Waals surface area contributed by atoms with Crippen LogP contribution < -0.4 is 5.73 Å². The zero-order chi connectivity index (χ0) is 9.22. The van der Waals surface area contributed by atoms with Gasteiger partial charge in [-0.2, -0.15) is 0 Å². The lowest BCUT2D eigenvalue weighted by Gasteiger charge is -2.19. The molecule has 0 aromatic rings. The number of ether oxygens (including phenoxy) is 1.